The Labute approximate surface area is 163 Å². The molecule has 2 rings (SSSR count). The van der Waals surface area contributed by atoms with Gasteiger partial charge in [-0.3, -0.25) is 9.48 Å². The van der Waals surface area contributed by atoms with Crippen LogP contribution in [-0.2, 0) is 17.8 Å². The lowest BCUT2D eigenvalue weighted by Gasteiger charge is -2.18. The topological polar surface area (TPSA) is 56.2 Å². The van der Waals surface area contributed by atoms with Gasteiger partial charge in [-0.25, -0.2) is 0 Å². The summed E-state index contributed by atoms with van der Waals surface area (Å²) in [5.74, 6) is 1.45. The Bertz CT molecular complexity index is 748. The van der Waals surface area contributed by atoms with E-state index >= 15 is 0 Å². The highest BCUT2D eigenvalue weighted by Crippen LogP contribution is 2.21. The molecule has 5 heteroatoms. The lowest BCUT2D eigenvalue weighted by molar-refractivity contribution is -0.121. The summed E-state index contributed by atoms with van der Waals surface area (Å²) in [5.41, 5.74) is 4.51. The Morgan fingerprint density at radius 1 is 1.22 bits per heavy atom. The number of rotatable bonds is 9. The Morgan fingerprint density at radius 3 is 2.44 bits per heavy atom. The lowest BCUT2D eigenvalue weighted by Crippen LogP contribution is -2.28. The van der Waals surface area contributed by atoms with E-state index in [9.17, 15) is 4.79 Å². The van der Waals surface area contributed by atoms with E-state index in [0.29, 0.717) is 12.3 Å². The number of nitrogens with zero attached hydrogens (tertiary/aromatic N) is 2. The van der Waals surface area contributed by atoms with Gasteiger partial charge in [-0.1, -0.05) is 32.9 Å². The number of carbonyl (C=O) groups excluding carboxylic acids is 1. The summed E-state index contributed by atoms with van der Waals surface area (Å²) in [5, 5.41) is 7.80. The summed E-state index contributed by atoms with van der Waals surface area (Å²) in [6, 6.07) is 7.91. The highest BCUT2D eigenvalue weighted by molar-refractivity contribution is 5.76. The van der Waals surface area contributed by atoms with Gasteiger partial charge in [-0.05, 0) is 55.9 Å². The van der Waals surface area contributed by atoms with Gasteiger partial charge in [0.2, 0.25) is 5.91 Å². The van der Waals surface area contributed by atoms with E-state index in [2.05, 4.69) is 42.8 Å². The van der Waals surface area contributed by atoms with Crippen LogP contribution in [0.15, 0.2) is 24.3 Å². The highest BCUT2D eigenvalue weighted by Gasteiger charge is 2.16. The number of aryl methyl sites for hydroxylation is 1. The zero-order chi connectivity index (χ0) is 20.0. The van der Waals surface area contributed by atoms with E-state index < -0.39 is 0 Å². The van der Waals surface area contributed by atoms with Crippen molar-refractivity contribution in [1.29, 1.82) is 0 Å². The number of hydrogen-bond acceptors (Lipinski definition) is 3. The van der Waals surface area contributed by atoms with Gasteiger partial charge in [0.05, 0.1) is 18.8 Å². The Hall–Kier alpha value is -2.30. The van der Waals surface area contributed by atoms with E-state index in [4.69, 9.17) is 4.74 Å². The second-order valence-corrected chi connectivity index (χ2v) is 7.53. The van der Waals surface area contributed by atoms with Crippen molar-refractivity contribution >= 4 is 5.91 Å². The molecule has 27 heavy (non-hydrogen) atoms. The number of methoxy groups -OCH3 is 1. The number of carbonyl (C=O) groups is 1. The number of nitrogens with one attached hydrogen (secondary N) is 1. The second-order valence-electron chi connectivity index (χ2n) is 7.53. The van der Waals surface area contributed by atoms with Gasteiger partial charge < -0.3 is 10.1 Å². The first-order valence-electron chi connectivity index (χ1n) is 9.81. The van der Waals surface area contributed by atoms with Crippen LogP contribution in [0.3, 0.4) is 0 Å². The maximum atomic E-state index is 12.5. The molecule has 1 unspecified atom stereocenters. The van der Waals surface area contributed by atoms with Gasteiger partial charge in [0.25, 0.3) is 0 Å². The second kappa shape index (κ2) is 9.58. The molecule has 0 bridgehead atoms. The molecule has 0 aliphatic rings. The zero-order valence-corrected chi connectivity index (χ0v) is 17.5. The molecule has 1 atom stereocenters. The summed E-state index contributed by atoms with van der Waals surface area (Å²) in [7, 11) is 1.65. The van der Waals surface area contributed by atoms with E-state index in [1.807, 2.05) is 31.2 Å². The summed E-state index contributed by atoms with van der Waals surface area (Å²) in [6.45, 7) is 11.5. The molecule has 0 spiro atoms. The normalized spacial score (nSPS) is 12.3. The molecule has 1 amide bonds. The summed E-state index contributed by atoms with van der Waals surface area (Å²) >= 11 is 0. The smallest absolute Gasteiger partial charge is 0.220 e. The van der Waals surface area contributed by atoms with Gasteiger partial charge >= 0.3 is 0 Å². The molecular weight excluding hydrogens is 338 g/mol. The highest BCUT2D eigenvalue weighted by atomic mass is 16.5. The summed E-state index contributed by atoms with van der Waals surface area (Å²) < 4.78 is 7.27. The minimum Gasteiger partial charge on any atom is -0.497 e. The Kier molecular flexibility index (Phi) is 7.45. The van der Waals surface area contributed by atoms with Crippen LogP contribution < -0.4 is 10.1 Å². The van der Waals surface area contributed by atoms with Crippen molar-refractivity contribution in [3.05, 3.63) is 46.8 Å². The van der Waals surface area contributed by atoms with Gasteiger partial charge in [0, 0.05) is 18.7 Å². The van der Waals surface area contributed by atoms with Crippen LogP contribution in [-0.4, -0.2) is 22.8 Å². The van der Waals surface area contributed by atoms with E-state index in [-0.39, 0.29) is 11.9 Å². The fourth-order valence-corrected chi connectivity index (χ4v) is 3.38. The van der Waals surface area contributed by atoms with Crippen LogP contribution in [0.2, 0.25) is 0 Å². The standard InChI is InChI=1S/C22H33N3O2/c1-7-21(18-8-10-19(27-6)11-9-18)23-22(26)13-12-20-16(4)24-25(17(20)5)14-15(2)3/h8-11,15,21H,7,12-14H2,1-6H3,(H,23,26). The molecule has 148 valence electrons. The first-order valence-corrected chi connectivity index (χ1v) is 9.81. The molecule has 0 radical (unpaired) electrons. The van der Waals surface area contributed by atoms with Crippen LogP contribution in [0.4, 0.5) is 0 Å². The lowest BCUT2D eigenvalue weighted by atomic mass is 10.0. The quantitative estimate of drug-likeness (QED) is 0.712. The Balaban J connectivity index is 1.97. The average molecular weight is 372 g/mol. The predicted molar refractivity (Wildman–Crippen MR) is 109 cm³/mol. The third-order valence-electron chi connectivity index (χ3n) is 4.93. The first-order chi connectivity index (χ1) is 12.8. The molecule has 0 aliphatic heterocycles. The van der Waals surface area contributed by atoms with Crippen molar-refractivity contribution in [3.63, 3.8) is 0 Å². The van der Waals surface area contributed by atoms with E-state index in [1.54, 1.807) is 7.11 Å². The third-order valence-corrected chi connectivity index (χ3v) is 4.93. The number of hydrogen-bond donors (Lipinski definition) is 1. The van der Waals surface area contributed by atoms with E-state index in [0.717, 1.165) is 36.4 Å². The maximum Gasteiger partial charge on any atom is 0.220 e. The molecule has 2 aromatic rings. The molecule has 0 saturated carbocycles. The third kappa shape index (κ3) is 5.59. The fourth-order valence-electron chi connectivity index (χ4n) is 3.38. The van der Waals surface area contributed by atoms with E-state index in [1.165, 1.54) is 11.3 Å². The maximum absolute atomic E-state index is 12.5. The number of benzene rings is 1. The van der Waals surface area contributed by atoms with Gasteiger partial charge in [-0.2, -0.15) is 5.10 Å². The van der Waals surface area contributed by atoms with Crippen molar-refractivity contribution in [3.8, 4) is 5.75 Å². The summed E-state index contributed by atoms with van der Waals surface area (Å²) in [6.07, 6.45) is 2.05. The fraction of sp³-hybridized carbons (Fsp3) is 0.545. The zero-order valence-electron chi connectivity index (χ0n) is 17.5. The summed E-state index contributed by atoms with van der Waals surface area (Å²) in [4.78, 5) is 12.5. The molecule has 0 saturated heterocycles. The van der Waals surface area contributed by atoms with Crippen molar-refractivity contribution in [2.24, 2.45) is 5.92 Å². The number of aromatic nitrogens is 2. The Morgan fingerprint density at radius 2 is 1.89 bits per heavy atom. The monoisotopic (exact) mass is 371 g/mol. The molecule has 1 heterocycles. The molecule has 0 aliphatic carbocycles. The first kappa shape index (κ1) is 21.0. The van der Waals surface area contributed by atoms with Crippen molar-refractivity contribution < 1.29 is 9.53 Å². The molecule has 5 nitrogen and oxygen atoms in total. The minimum absolute atomic E-state index is 0.0225. The largest absolute Gasteiger partial charge is 0.497 e. The molecule has 1 aromatic carbocycles. The average Bonchev–Trinajstić information content (AvgIpc) is 2.90. The van der Waals surface area contributed by atoms with Crippen molar-refractivity contribution in [2.45, 2.75) is 66.5 Å². The molecule has 0 fully saturated rings. The minimum atomic E-state index is 0.0225. The van der Waals surface area contributed by atoms with Crippen LogP contribution in [0.5, 0.6) is 5.75 Å². The molecule has 1 N–H and O–H groups in total. The van der Waals surface area contributed by atoms with Crippen LogP contribution in [0, 0.1) is 19.8 Å². The van der Waals surface area contributed by atoms with Gasteiger partial charge in [0.15, 0.2) is 0 Å². The van der Waals surface area contributed by atoms with Gasteiger partial charge in [-0.15, -0.1) is 0 Å². The SMILES string of the molecule is CCC(NC(=O)CCc1c(C)nn(CC(C)C)c1C)c1ccc(OC)cc1. The van der Waals surface area contributed by atoms with Crippen molar-refractivity contribution in [1.82, 2.24) is 15.1 Å². The van der Waals surface area contributed by atoms with Crippen molar-refractivity contribution in [2.75, 3.05) is 7.11 Å². The molecular formula is C22H33N3O2. The van der Waals surface area contributed by atoms with Crippen LogP contribution in [0.1, 0.15) is 62.2 Å². The predicted octanol–water partition coefficient (Wildman–Crippen LogP) is 4.36. The van der Waals surface area contributed by atoms with Gasteiger partial charge in [0.1, 0.15) is 5.75 Å². The molecule has 1 aromatic heterocycles. The van der Waals surface area contributed by atoms with Crippen LogP contribution >= 0.6 is 0 Å². The number of amides is 1. The number of ether oxygens (including phenoxy) is 1. The van der Waals surface area contributed by atoms with Crippen LogP contribution in [0.25, 0.3) is 0 Å².